The second-order valence-electron chi connectivity index (χ2n) is 4.85. The maximum Gasteiger partial charge on any atom is 0.215 e. The molecular weight excluding hydrogens is 210 g/mol. The molecule has 1 aromatic rings. The topological polar surface area (TPSA) is 50.3 Å². The molecule has 2 rings (SSSR count). The number of hydrogen-bond donors (Lipinski definition) is 1. The molecule has 0 atom stereocenters. The van der Waals surface area contributed by atoms with Gasteiger partial charge in [0, 0.05) is 0 Å². The van der Waals surface area contributed by atoms with Crippen molar-refractivity contribution in [1.82, 2.24) is 4.91 Å². The molecule has 1 aliphatic carbocycles. The van der Waals surface area contributed by atoms with Crippen LogP contribution in [0.3, 0.4) is 0 Å². The van der Waals surface area contributed by atoms with Gasteiger partial charge in [-0.1, -0.05) is 50.5 Å². The molecule has 17 heavy (non-hydrogen) atoms. The molecule has 0 bridgehead atoms. The van der Waals surface area contributed by atoms with Gasteiger partial charge in [0.15, 0.2) is 5.54 Å². The highest BCUT2D eigenvalue weighted by Gasteiger charge is 2.39. The molecular formula is C14H20N3+. The molecule has 90 valence electrons. The van der Waals surface area contributed by atoms with Gasteiger partial charge < -0.3 is 0 Å². The highest BCUT2D eigenvalue weighted by molar-refractivity contribution is 5.30. The van der Waals surface area contributed by atoms with Crippen LogP contribution < -0.4 is 4.91 Å². The van der Waals surface area contributed by atoms with Crippen LogP contribution in [0.4, 0.5) is 0 Å². The minimum absolute atomic E-state index is 0.217. The van der Waals surface area contributed by atoms with Gasteiger partial charge in [0.05, 0.1) is 0 Å². The van der Waals surface area contributed by atoms with Crippen molar-refractivity contribution in [3.8, 4) is 0 Å². The van der Waals surface area contributed by atoms with E-state index in [4.69, 9.17) is 5.53 Å². The normalized spacial score (nSPS) is 18.4. The molecule has 1 aromatic carbocycles. The molecule has 0 spiro atoms. The summed E-state index contributed by atoms with van der Waals surface area (Å²) in [4.78, 5) is 3.34. The lowest BCUT2D eigenvalue weighted by Gasteiger charge is -2.28. The number of benzene rings is 1. The number of nitrogens with one attached hydrogen (secondary N) is 1. The van der Waals surface area contributed by atoms with E-state index in [0.717, 1.165) is 19.3 Å². The third-order valence-corrected chi connectivity index (χ3v) is 3.79. The zero-order valence-electron chi connectivity index (χ0n) is 10.4. The third-order valence-electron chi connectivity index (χ3n) is 3.79. The predicted molar refractivity (Wildman–Crippen MR) is 67.9 cm³/mol. The fourth-order valence-corrected chi connectivity index (χ4v) is 2.76. The Labute approximate surface area is 102 Å². The molecule has 1 saturated carbocycles. The average Bonchev–Trinajstić information content (AvgIpc) is 2.40. The van der Waals surface area contributed by atoms with E-state index in [0.29, 0.717) is 0 Å². The van der Waals surface area contributed by atoms with Gasteiger partial charge in [-0.15, -0.1) is 0 Å². The zero-order chi connectivity index (χ0) is 12.1. The van der Waals surface area contributed by atoms with Gasteiger partial charge in [0.1, 0.15) is 10.6 Å². The Kier molecular flexibility index (Phi) is 3.70. The van der Waals surface area contributed by atoms with Crippen molar-refractivity contribution in [3.63, 3.8) is 0 Å². The molecule has 0 aliphatic heterocycles. The summed E-state index contributed by atoms with van der Waals surface area (Å²) in [5, 5.41) is 4.25. The van der Waals surface area contributed by atoms with E-state index >= 15 is 0 Å². The molecule has 3 nitrogen and oxygen atoms in total. The Morgan fingerprint density at radius 1 is 1.29 bits per heavy atom. The van der Waals surface area contributed by atoms with Crippen molar-refractivity contribution >= 4 is 0 Å². The Balaban J connectivity index is 2.40. The quantitative estimate of drug-likeness (QED) is 0.603. The Hall–Kier alpha value is -1.47. The van der Waals surface area contributed by atoms with Crippen LogP contribution >= 0.6 is 0 Å². The van der Waals surface area contributed by atoms with E-state index in [1.807, 2.05) is 0 Å². The number of hydrogen-bond acceptors (Lipinski definition) is 2. The summed E-state index contributed by atoms with van der Waals surface area (Å²) >= 11 is 0. The van der Waals surface area contributed by atoms with Crippen LogP contribution in [0.25, 0.3) is 0 Å². The van der Waals surface area contributed by atoms with E-state index in [1.165, 1.54) is 30.4 Å². The third kappa shape index (κ3) is 2.45. The molecule has 3 heteroatoms. The van der Waals surface area contributed by atoms with Crippen LogP contribution in [-0.4, -0.2) is 0 Å². The number of rotatable bonds is 3. The summed E-state index contributed by atoms with van der Waals surface area (Å²) in [6.45, 7) is 2.17. The van der Waals surface area contributed by atoms with Crippen molar-refractivity contribution < 1.29 is 0 Å². The predicted octanol–water partition coefficient (Wildman–Crippen LogP) is 3.96. The van der Waals surface area contributed by atoms with Crippen LogP contribution in [0.1, 0.15) is 50.2 Å². The van der Waals surface area contributed by atoms with Crippen LogP contribution in [0.15, 0.2) is 29.4 Å². The van der Waals surface area contributed by atoms with Crippen molar-refractivity contribution in [2.24, 2.45) is 5.11 Å². The minimum Gasteiger partial charge on any atom is -0.0616 e. The first-order valence-corrected chi connectivity index (χ1v) is 6.49. The SMILES string of the molecule is CCc1cccc(C2(N=[N+]=N)CCCCC2)c1. The number of aryl methyl sites for hydroxylation is 1. The van der Waals surface area contributed by atoms with E-state index < -0.39 is 0 Å². The van der Waals surface area contributed by atoms with Crippen LogP contribution in [0.5, 0.6) is 0 Å². The van der Waals surface area contributed by atoms with E-state index in [9.17, 15) is 0 Å². The molecule has 1 N–H and O–H groups in total. The molecule has 1 aliphatic rings. The zero-order valence-corrected chi connectivity index (χ0v) is 10.4. The standard InChI is InChI=1S/C14H20N3/c1-2-12-7-6-8-13(11-12)14(16-17-15)9-4-3-5-10-14/h6-8,11,15H,2-5,9-10H2,1H3/q+1. The van der Waals surface area contributed by atoms with Crippen LogP contribution in [-0.2, 0) is 12.0 Å². The molecule has 0 saturated heterocycles. The lowest BCUT2D eigenvalue weighted by atomic mass is 9.77. The summed E-state index contributed by atoms with van der Waals surface area (Å²) in [7, 11) is 0. The highest BCUT2D eigenvalue weighted by atomic mass is 15.2. The summed E-state index contributed by atoms with van der Waals surface area (Å²) in [6, 6.07) is 8.63. The molecule has 1 fully saturated rings. The second kappa shape index (κ2) is 5.24. The summed E-state index contributed by atoms with van der Waals surface area (Å²) < 4.78 is 0. The Bertz CT molecular complexity index is 427. The van der Waals surface area contributed by atoms with Gasteiger partial charge in [0.25, 0.3) is 0 Å². The van der Waals surface area contributed by atoms with Gasteiger partial charge >= 0.3 is 0 Å². The smallest absolute Gasteiger partial charge is 0.0616 e. The van der Waals surface area contributed by atoms with Gasteiger partial charge in [-0.05, 0) is 30.4 Å². The molecule has 0 unspecified atom stereocenters. The maximum absolute atomic E-state index is 7.07. The largest absolute Gasteiger partial charge is 0.215 e. The van der Waals surface area contributed by atoms with Gasteiger partial charge in [0.2, 0.25) is 4.91 Å². The summed E-state index contributed by atoms with van der Waals surface area (Å²) in [5.41, 5.74) is 9.44. The number of nitrogens with zero attached hydrogens (tertiary/aromatic N) is 2. The summed E-state index contributed by atoms with van der Waals surface area (Å²) in [6.07, 6.45) is 6.76. The Morgan fingerprint density at radius 2 is 2.06 bits per heavy atom. The van der Waals surface area contributed by atoms with E-state index in [1.54, 1.807) is 0 Å². The average molecular weight is 230 g/mol. The van der Waals surface area contributed by atoms with E-state index in [-0.39, 0.29) is 5.54 Å². The fourth-order valence-electron chi connectivity index (χ4n) is 2.76. The Morgan fingerprint density at radius 3 is 2.71 bits per heavy atom. The molecule has 0 amide bonds. The minimum atomic E-state index is -0.217. The van der Waals surface area contributed by atoms with E-state index in [2.05, 4.69) is 41.2 Å². The highest BCUT2D eigenvalue weighted by Crippen LogP contribution is 2.40. The van der Waals surface area contributed by atoms with Crippen molar-refractivity contribution in [2.45, 2.75) is 51.0 Å². The second-order valence-corrected chi connectivity index (χ2v) is 4.85. The van der Waals surface area contributed by atoms with Gasteiger partial charge in [-0.3, -0.25) is 0 Å². The van der Waals surface area contributed by atoms with Crippen molar-refractivity contribution in [1.29, 1.82) is 5.53 Å². The maximum atomic E-state index is 7.07. The molecule has 0 aromatic heterocycles. The van der Waals surface area contributed by atoms with Crippen LogP contribution in [0, 0.1) is 5.53 Å². The molecule has 0 heterocycles. The first-order valence-electron chi connectivity index (χ1n) is 6.49. The van der Waals surface area contributed by atoms with Crippen molar-refractivity contribution in [3.05, 3.63) is 35.4 Å². The summed E-state index contributed by atoms with van der Waals surface area (Å²) in [5.74, 6) is 0. The lowest BCUT2D eigenvalue weighted by molar-refractivity contribution is 0.287. The molecule has 0 radical (unpaired) electrons. The van der Waals surface area contributed by atoms with Crippen molar-refractivity contribution in [2.75, 3.05) is 0 Å². The fraction of sp³-hybridized carbons (Fsp3) is 0.571. The monoisotopic (exact) mass is 230 g/mol. The lowest BCUT2D eigenvalue weighted by Crippen LogP contribution is -2.27. The first-order chi connectivity index (χ1) is 8.30. The van der Waals surface area contributed by atoms with Gasteiger partial charge in [-0.25, -0.2) is 0 Å². The van der Waals surface area contributed by atoms with Gasteiger partial charge in [-0.2, -0.15) is 0 Å². The first kappa shape index (κ1) is 12.0. The van der Waals surface area contributed by atoms with Crippen LogP contribution in [0.2, 0.25) is 0 Å².